The standard InChI is InChI=1S/C12H15F3O4S/c1-18-6-7-20(16,17)8-10-2-4-11(5-3-10)19-9-12(13,14)15/h2-5H,6-9H2,1H3. The van der Waals surface area contributed by atoms with E-state index in [1.165, 1.54) is 31.4 Å². The van der Waals surface area contributed by atoms with Gasteiger partial charge in [0.25, 0.3) is 0 Å². The Kier molecular flexibility index (Phi) is 5.82. The fourth-order valence-electron chi connectivity index (χ4n) is 1.38. The highest BCUT2D eigenvalue weighted by atomic mass is 32.2. The molecule has 0 N–H and O–H groups in total. The second-order valence-corrected chi connectivity index (χ2v) is 6.32. The molecule has 1 aromatic carbocycles. The molecule has 0 atom stereocenters. The summed E-state index contributed by atoms with van der Waals surface area (Å²) in [4.78, 5) is 0. The maximum Gasteiger partial charge on any atom is 0.422 e. The van der Waals surface area contributed by atoms with Crippen molar-refractivity contribution in [3.05, 3.63) is 29.8 Å². The Labute approximate surface area is 115 Å². The van der Waals surface area contributed by atoms with Crippen LogP contribution in [0.25, 0.3) is 0 Å². The van der Waals surface area contributed by atoms with E-state index in [1.54, 1.807) is 0 Å². The van der Waals surface area contributed by atoms with E-state index >= 15 is 0 Å². The maximum atomic E-state index is 11.9. The Morgan fingerprint density at radius 2 is 1.75 bits per heavy atom. The number of benzene rings is 1. The Morgan fingerprint density at radius 1 is 1.15 bits per heavy atom. The summed E-state index contributed by atoms with van der Waals surface area (Å²) >= 11 is 0. The predicted octanol–water partition coefficient (Wildman–Crippen LogP) is 2.19. The summed E-state index contributed by atoms with van der Waals surface area (Å²) in [5.74, 6) is -0.244. The van der Waals surface area contributed by atoms with Gasteiger partial charge in [0.1, 0.15) is 5.75 Å². The predicted molar refractivity (Wildman–Crippen MR) is 67.4 cm³/mol. The number of ether oxygens (including phenoxy) is 2. The lowest BCUT2D eigenvalue weighted by atomic mass is 10.2. The molecule has 1 aromatic rings. The number of halogens is 3. The number of rotatable bonds is 7. The van der Waals surface area contributed by atoms with E-state index in [2.05, 4.69) is 4.74 Å². The molecule has 0 radical (unpaired) electrons. The van der Waals surface area contributed by atoms with Crippen LogP contribution in [0.4, 0.5) is 13.2 Å². The highest BCUT2D eigenvalue weighted by molar-refractivity contribution is 7.90. The van der Waals surface area contributed by atoms with Gasteiger partial charge in [0.15, 0.2) is 16.4 Å². The number of sulfone groups is 1. The third kappa shape index (κ3) is 6.76. The zero-order chi connectivity index (χ0) is 15.2. The maximum absolute atomic E-state index is 11.9. The van der Waals surface area contributed by atoms with Crippen LogP contribution in [0.2, 0.25) is 0 Å². The fourth-order valence-corrected chi connectivity index (χ4v) is 2.65. The molecule has 8 heteroatoms. The summed E-state index contributed by atoms with van der Waals surface area (Å²) in [5, 5.41) is 0. The Morgan fingerprint density at radius 3 is 2.25 bits per heavy atom. The summed E-state index contributed by atoms with van der Waals surface area (Å²) in [6.07, 6.45) is -4.40. The van der Waals surface area contributed by atoms with Crippen molar-refractivity contribution in [1.82, 2.24) is 0 Å². The van der Waals surface area contributed by atoms with Gasteiger partial charge >= 0.3 is 6.18 Å². The van der Waals surface area contributed by atoms with Crippen LogP contribution >= 0.6 is 0 Å². The molecular weight excluding hydrogens is 297 g/mol. The lowest BCUT2D eigenvalue weighted by Crippen LogP contribution is -2.19. The van der Waals surface area contributed by atoms with Gasteiger partial charge in [-0.3, -0.25) is 0 Å². The van der Waals surface area contributed by atoms with E-state index in [0.29, 0.717) is 5.56 Å². The van der Waals surface area contributed by atoms with E-state index in [-0.39, 0.29) is 23.9 Å². The zero-order valence-electron chi connectivity index (χ0n) is 10.8. The average molecular weight is 312 g/mol. The largest absolute Gasteiger partial charge is 0.484 e. The monoisotopic (exact) mass is 312 g/mol. The van der Waals surface area contributed by atoms with Gasteiger partial charge in [0.2, 0.25) is 0 Å². The molecule has 114 valence electrons. The molecular formula is C12H15F3O4S. The minimum Gasteiger partial charge on any atom is -0.484 e. The fraction of sp³-hybridized carbons (Fsp3) is 0.500. The highest BCUT2D eigenvalue weighted by Crippen LogP contribution is 2.19. The molecule has 0 saturated heterocycles. The first-order valence-corrected chi connectivity index (χ1v) is 7.52. The third-order valence-electron chi connectivity index (χ3n) is 2.31. The highest BCUT2D eigenvalue weighted by Gasteiger charge is 2.28. The van der Waals surface area contributed by atoms with Crippen molar-refractivity contribution in [1.29, 1.82) is 0 Å². The van der Waals surface area contributed by atoms with Crippen LogP contribution in [0, 0.1) is 0 Å². The molecule has 1 rings (SSSR count). The van der Waals surface area contributed by atoms with E-state index in [1.807, 2.05) is 0 Å². The minimum atomic E-state index is -4.40. The number of hydrogen-bond acceptors (Lipinski definition) is 4. The molecule has 0 bridgehead atoms. The van der Waals surface area contributed by atoms with Crippen molar-refractivity contribution in [3.63, 3.8) is 0 Å². The van der Waals surface area contributed by atoms with Crippen LogP contribution in [0.1, 0.15) is 5.56 Å². The molecule has 0 saturated carbocycles. The number of methoxy groups -OCH3 is 1. The van der Waals surface area contributed by atoms with E-state index in [0.717, 1.165) is 0 Å². The van der Waals surface area contributed by atoms with Crippen molar-refractivity contribution in [2.75, 3.05) is 26.1 Å². The molecule has 0 amide bonds. The minimum absolute atomic E-state index is 0.0420. The van der Waals surface area contributed by atoms with Crippen LogP contribution in [0.15, 0.2) is 24.3 Å². The molecule has 0 aliphatic heterocycles. The number of hydrogen-bond donors (Lipinski definition) is 0. The van der Waals surface area contributed by atoms with Gasteiger partial charge in [-0.15, -0.1) is 0 Å². The smallest absolute Gasteiger partial charge is 0.422 e. The SMILES string of the molecule is COCCS(=O)(=O)Cc1ccc(OCC(F)(F)F)cc1. The van der Waals surface area contributed by atoms with Gasteiger partial charge in [-0.1, -0.05) is 12.1 Å². The average Bonchev–Trinajstić information content (AvgIpc) is 2.34. The van der Waals surface area contributed by atoms with Crippen LogP contribution in [-0.4, -0.2) is 40.7 Å². The van der Waals surface area contributed by atoms with Crippen LogP contribution in [0.5, 0.6) is 5.75 Å². The first-order chi connectivity index (χ1) is 9.22. The molecule has 0 aromatic heterocycles. The Hall–Kier alpha value is -1.28. The lowest BCUT2D eigenvalue weighted by Gasteiger charge is -2.09. The molecule has 4 nitrogen and oxygen atoms in total. The van der Waals surface area contributed by atoms with Crippen molar-refractivity contribution < 1.29 is 31.1 Å². The van der Waals surface area contributed by atoms with Gasteiger partial charge in [-0.05, 0) is 17.7 Å². The van der Waals surface area contributed by atoms with Crippen molar-refractivity contribution in [2.45, 2.75) is 11.9 Å². The zero-order valence-corrected chi connectivity index (χ0v) is 11.6. The molecule has 0 aliphatic carbocycles. The number of alkyl halides is 3. The third-order valence-corrected chi connectivity index (χ3v) is 3.87. The summed E-state index contributed by atoms with van der Waals surface area (Å²) in [5.41, 5.74) is 0.487. The van der Waals surface area contributed by atoms with Crippen molar-refractivity contribution in [2.24, 2.45) is 0 Å². The molecule has 0 aliphatic rings. The quantitative estimate of drug-likeness (QED) is 0.774. The van der Waals surface area contributed by atoms with E-state index < -0.39 is 22.6 Å². The van der Waals surface area contributed by atoms with Gasteiger partial charge in [-0.2, -0.15) is 13.2 Å². The van der Waals surface area contributed by atoms with Gasteiger partial charge < -0.3 is 9.47 Å². The topological polar surface area (TPSA) is 52.6 Å². The summed E-state index contributed by atoms with van der Waals surface area (Å²) in [6, 6.07) is 5.48. The summed E-state index contributed by atoms with van der Waals surface area (Å²) in [7, 11) is -1.89. The normalized spacial score (nSPS) is 12.4. The van der Waals surface area contributed by atoms with Crippen LogP contribution in [0.3, 0.4) is 0 Å². The van der Waals surface area contributed by atoms with Crippen LogP contribution < -0.4 is 4.74 Å². The van der Waals surface area contributed by atoms with Gasteiger partial charge in [-0.25, -0.2) is 8.42 Å². The molecule has 0 unspecified atom stereocenters. The van der Waals surface area contributed by atoms with Gasteiger partial charge in [0, 0.05) is 7.11 Å². The van der Waals surface area contributed by atoms with E-state index in [9.17, 15) is 21.6 Å². The van der Waals surface area contributed by atoms with Crippen molar-refractivity contribution >= 4 is 9.84 Å². The summed E-state index contributed by atoms with van der Waals surface area (Å²) < 4.78 is 68.3. The second kappa shape index (κ2) is 6.94. The molecule has 0 spiro atoms. The molecule has 20 heavy (non-hydrogen) atoms. The second-order valence-electron chi connectivity index (χ2n) is 4.13. The van der Waals surface area contributed by atoms with Crippen molar-refractivity contribution in [3.8, 4) is 5.75 Å². The first-order valence-electron chi connectivity index (χ1n) is 5.70. The Bertz CT molecular complexity index is 508. The first kappa shape index (κ1) is 16.8. The summed E-state index contributed by atoms with van der Waals surface area (Å²) in [6.45, 7) is -1.27. The van der Waals surface area contributed by atoms with Crippen LogP contribution in [-0.2, 0) is 20.3 Å². The molecule has 0 heterocycles. The Balaban J connectivity index is 2.58. The van der Waals surface area contributed by atoms with E-state index in [4.69, 9.17) is 4.74 Å². The lowest BCUT2D eigenvalue weighted by molar-refractivity contribution is -0.153. The van der Waals surface area contributed by atoms with Gasteiger partial charge in [0.05, 0.1) is 18.1 Å². The molecule has 0 fully saturated rings.